The zero-order valence-electron chi connectivity index (χ0n) is 28.8. The number of rotatable bonds is 16. The maximum Gasteiger partial charge on any atom is 0.338 e. The lowest BCUT2D eigenvalue weighted by molar-refractivity contribution is -0.141. The Kier molecular flexibility index (Phi) is 19.5. The quantitative estimate of drug-likeness (QED) is 0.0887. The molecule has 9 heteroatoms. The number of unbranched alkanes of at least 4 members (excludes halogenated alkanes) is 1. The summed E-state index contributed by atoms with van der Waals surface area (Å²) in [6, 6.07) is 22.8. The Morgan fingerprint density at radius 2 is 1.39 bits per heavy atom. The van der Waals surface area contributed by atoms with Crippen molar-refractivity contribution in [2.24, 2.45) is 0 Å². The third kappa shape index (κ3) is 14.5. The molecular weight excluding hydrogens is 682 g/mol. The average molecular weight is 739 g/mol. The summed E-state index contributed by atoms with van der Waals surface area (Å²) < 4.78 is 11.4. The van der Waals surface area contributed by atoms with Gasteiger partial charge >= 0.3 is 11.9 Å². The van der Waals surface area contributed by atoms with Crippen LogP contribution in [0.2, 0.25) is 0 Å². The second-order valence-electron chi connectivity index (χ2n) is 12.1. The molecule has 1 aliphatic carbocycles. The van der Waals surface area contributed by atoms with Crippen molar-refractivity contribution in [1.82, 2.24) is 9.80 Å². The summed E-state index contributed by atoms with van der Waals surface area (Å²) >= 11 is 3.53. The molecule has 1 saturated carbocycles. The van der Waals surface area contributed by atoms with E-state index in [1.54, 1.807) is 6.07 Å². The molecule has 0 radical (unpaired) electrons. The van der Waals surface area contributed by atoms with Crippen LogP contribution in [0.1, 0.15) is 105 Å². The van der Waals surface area contributed by atoms with Crippen molar-refractivity contribution >= 4 is 39.3 Å². The number of ketones is 1. The minimum atomic E-state index is -0.349. The predicted octanol–water partition coefficient (Wildman–Crippen LogP) is 8.56. The molecule has 0 amide bonds. The lowest BCUT2D eigenvalue weighted by atomic mass is 9.93. The molecule has 0 unspecified atom stereocenters. The monoisotopic (exact) mass is 737 g/mol. The molecule has 0 spiro atoms. The standard InChI is InChI=1S/C26H42BrN3O4.C13H10O.CH4/c1-4-6-12-29(13-15-33-20(3)31)14-16-34-26(32)21-17-22(25(28)24(27)18-21)19-30(5-2)23-10-8-7-9-11-23;14-13(11-7-3-1-4-8-11)12-9-5-2-6-10-12;/h17-18,23H,4-16,19,28H2,1-3H3;1-10H;1H4. The number of carbonyl (C=O) groups excluding carboxylic acids is 3. The highest BCUT2D eigenvalue weighted by Gasteiger charge is 2.22. The third-order valence-corrected chi connectivity index (χ3v) is 9.23. The molecule has 3 aromatic rings. The molecule has 1 fully saturated rings. The number of halogens is 1. The number of nitrogens with zero attached hydrogens (tertiary/aromatic N) is 2. The number of hydrogen-bond donors (Lipinski definition) is 1. The van der Waals surface area contributed by atoms with Gasteiger partial charge in [-0.05, 0) is 66.0 Å². The van der Waals surface area contributed by atoms with E-state index in [9.17, 15) is 14.4 Å². The molecule has 268 valence electrons. The van der Waals surface area contributed by atoms with Crippen molar-refractivity contribution in [2.45, 2.75) is 85.7 Å². The van der Waals surface area contributed by atoms with Gasteiger partial charge in [0.25, 0.3) is 0 Å². The van der Waals surface area contributed by atoms with E-state index in [1.165, 1.54) is 39.0 Å². The molecule has 0 saturated heterocycles. The fraction of sp³-hybridized carbons (Fsp3) is 0.475. The van der Waals surface area contributed by atoms with Gasteiger partial charge in [-0.15, -0.1) is 0 Å². The topological polar surface area (TPSA) is 102 Å². The second kappa shape index (κ2) is 23.0. The van der Waals surface area contributed by atoms with Crippen molar-refractivity contribution in [1.29, 1.82) is 0 Å². The van der Waals surface area contributed by atoms with E-state index < -0.39 is 0 Å². The maximum atomic E-state index is 12.8. The third-order valence-electron chi connectivity index (χ3n) is 8.57. The molecule has 8 nitrogen and oxygen atoms in total. The van der Waals surface area contributed by atoms with E-state index >= 15 is 0 Å². The molecule has 49 heavy (non-hydrogen) atoms. The number of anilines is 1. The highest BCUT2D eigenvalue weighted by molar-refractivity contribution is 9.10. The summed E-state index contributed by atoms with van der Waals surface area (Å²) in [5.74, 6) is -0.555. The Morgan fingerprint density at radius 1 is 0.816 bits per heavy atom. The lowest BCUT2D eigenvalue weighted by Crippen LogP contribution is -2.36. The zero-order chi connectivity index (χ0) is 34.7. The van der Waals surface area contributed by atoms with Crippen molar-refractivity contribution in [3.8, 4) is 0 Å². The highest BCUT2D eigenvalue weighted by atomic mass is 79.9. The van der Waals surface area contributed by atoms with Crippen molar-refractivity contribution < 1.29 is 23.9 Å². The van der Waals surface area contributed by atoms with E-state index in [1.807, 2.05) is 66.7 Å². The largest absolute Gasteiger partial charge is 0.465 e. The molecule has 4 rings (SSSR count). The van der Waals surface area contributed by atoms with Crippen LogP contribution in [0.3, 0.4) is 0 Å². The fourth-order valence-electron chi connectivity index (χ4n) is 5.82. The van der Waals surface area contributed by atoms with Crippen LogP contribution in [0.4, 0.5) is 5.69 Å². The van der Waals surface area contributed by atoms with Gasteiger partial charge in [-0.2, -0.15) is 0 Å². The number of esters is 2. The number of nitrogens with two attached hydrogens (primary N) is 1. The van der Waals surface area contributed by atoms with Crippen LogP contribution in [0.25, 0.3) is 0 Å². The van der Waals surface area contributed by atoms with E-state index in [0.717, 1.165) is 53.6 Å². The maximum absolute atomic E-state index is 12.8. The van der Waals surface area contributed by atoms with Crippen LogP contribution in [-0.4, -0.2) is 73.0 Å². The van der Waals surface area contributed by atoms with Gasteiger partial charge in [0.1, 0.15) is 13.2 Å². The van der Waals surface area contributed by atoms with Crippen molar-refractivity contribution in [3.05, 3.63) is 99.5 Å². The molecule has 2 N–H and O–H groups in total. The Bertz CT molecular complexity index is 1370. The summed E-state index contributed by atoms with van der Waals surface area (Å²) in [5, 5.41) is 0. The molecule has 3 aromatic carbocycles. The van der Waals surface area contributed by atoms with Crippen LogP contribution in [0, 0.1) is 0 Å². The Labute approximate surface area is 302 Å². The van der Waals surface area contributed by atoms with Gasteiger partial charge in [-0.25, -0.2) is 4.79 Å². The normalized spacial score (nSPS) is 12.9. The van der Waals surface area contributed by atoms with Gasteiger partial charge in [0.05, 0.1) is 11.3 Å². The summed E-state index contributed by atoms with van der Waals surface area (Å²) in [6.07, 6.45) is 8.44. The number of carbonyl (C=O) groups is 3. The molecule has 0 bridgehead atoms. The van der Waals surface area contributed by atoms with Crippen LogP contribution in [0.5, 0.6) is 0 Å². The van der Waals surface area contributed by atoms with Gasteiger partial charge in [0.2, 0.25) is 0 Å². The van der Waals surface area contributed by atoms with Crippen molar-refractivity contribution in [2.75, 3.05) is 45.1 Å². The Morgan fingerprint density at radius 3 is 1.92 bits per heavy atom. The van der Waals surface area contributed by atoms with Gasteiger partial charge in [-0.3, -0.25) is 19.4 Å². The second-order valence-corrected chi connectivity index (χ2v) is 13.0. The van der Waals surface area contributed by atoms with E-state index in [0.29, 0.717) is 37.0 Å². The number of nitrogen functional groups attached to an aromatic ring is 1. The average Bonchev–Trinajstić information content (AvgIpc) is 3.11. The fourth-order valence-corrected chi connectivity index (χ4v) is 6.32. The van der Waals surface area contributed by atoms with E-state index in [2.05, 4.69) is 39.6 Å². The summed E-state index contributed by atoms with van der Waals surface area (Å²) in [4.78, 5) is 40.3. The Balaban J connectivity index is 0.000000460. The van der Waals surface area contributed by atoms with Crippen LogP contribution >= 0.6 is 15.9 Å². The first kappa shape index (κ1) is 41.6. The molecule has 0 heterocycles. The molecular formula is C40H56BrN3O5. The number of ether oxygens (including phenoxy) is 2. The molecule has 0 aromatic heterocycles. The van der Waals surface area contributed by atoms with Gasteiger partial charge in [0, 0.05) is 48.2 Å². The minimum Gasteiger partial charge on any atom is -0.465 e. The van der Waals surface area contributed by atoms with Gasteiger partial charge < -0.3 is 15.2 Å². The predicted molar refractivity (Wildman–Crippen MR) is 203 cm³/mol. The van der Waals surface area contributed by atoms with Crippen LogP contribution in [-0.2, 0) is 20.8 Å². The first-order chi connectivity index (χ1) is 23.2. The number of benzene rings is 3. The first-order valence-corrected chi connectivity index (χ1v) is 18.0. The molecule has 0 atom stereocenters. The highest BCUT2D eigenvalue weighted by Crippen LogP contribution is 2.30. The van der Waals surface area contributed by atoms with Gasteiger partial charge in [-0.1, -0.05) is 108 Å². The molecule has 0 aliphatic heterocycles. The summed E-state index contributed by atoms with van der Waals surface area (Å²) in [5.41, 5.74) is 9.99. The first-order valence-electron chi connectivity index (χ1n) is 17.2. The van der Waals surface area contributed by atoms with Gasteiger partial charge in [0.15, 0.2) is 5.78 Å². The SMILES string of the molecule is C.CCCCN(CCOC(C)=O)CCOC(=O)c1cc(Br)c(N)c(CN(CC)C2CCCCC2)c1.O=C(c1ccccc1)c1ccccc1. The smallest absolute Gasteiger partial charge is 0.338 e. The number of hydrogen-bond acceptors (Lipinski definition) is 8. The van der Waals surface area contributed by atoms with E-state index in [4.69, 9.17) is 15.2 Å². The summed E-state index contributed by atoms with van der Waals surface area (Å²) in [7, 11) is 0. The van der Waals surface area contributed by atoms with Crippen molar-refractivity contribution in [3.63, 3.8) is 0 Å². The van der Waals surface area contributed by atoms with Crippen LogP contribution in [0.15, 0.2) is 77.3 Å². The lowest BCUT2D eigenvalue weighted by Gasteiger charge is -2.34. The minimum absolute atomic E-state index is 0. The Hall–Kier alpha value is -3.53. The van der Waals surface area contributed by atoms with Crippen LogP contribution < -0.4 is 5.73 Å². The zero-order valence-corrected chi connectivity index (χ0v) is 30.4. The van der Waals surface area contributed by atoms with E-state index in [-0.39, 0.29) is 31.8 Å². The molecule has 1 aliphatic rings. The summed E-state index contributed by atoms with van der Waals surface area (Å²) in [6.45, 7) is 10.1.